The minimum atomic E-state index is -0.214. The molecule has 0 bridgehead atoms. The molecule has 112 valence electrons. The van der Waals surface area contributed by atoms with Crippen LogP contribution in [0.2, 0.25) is 0 Å². The highest BCUT2D eigenvalue weighted by molar-refractivity contribution is 7.20. The number of anilines is 1. The summed E-state index contributed by atoms with van der Waals surface area (Å²) >= 11 is 1.25. The first-order valence-corrected chi connectivity index (χ1v) is 7.78. The van der Waals surface area contributed by atoms with Crippen molar-refractivity contribution in [2.75, 3.05) is 5.32 Å². The number of thiophene rings is 1. The standard InChI is InChI=1S/C16H15N3O2S/c1-3-19-9-17-15-12(16(19)21)10(2)13(22-15)14(20)18-11-7-5-4-6-8-11/h4-9H,3H2,1-2H3,(H,18,20). The molecule has 0 aliphatic carbocycles. The van der Waals surface area contributed by atoms with Crippen LogP contribution < -0.4 is 10.9 Å². The Bertz CT molecular complexity index is 897. The Morgan fingerprint density at radius 3 is 2.73 bits per heavy atom. The van der Waals surface area contributed by atoms with Crippen molar-refractivity contribution in [2.24, 2.45) is 0 Å². The number of rotatable bonds is 3. The molecule has 3 aromatic rings. The number of amides is 1. The van der Waals surface area contributed by atoms with Gasteiger partial charge in [0, 0.05) is 12.2 Å². The van der Waals surface area contributed by atoms with Gasteiger partial charge in [0.1, 0.15) is 4.83 Å². The Labute approximate surface area is 131 Å². The van der Waals surface area contributed by atoms with Gasteiger partial charge in [-0.05, 0) is 31.5 Å². The number of carbonyl (C=O) groups excluding carboxylic acids is 1. The quantitative estimate of drug-likeness (QED) is 0.808. The maximum absolute atomic E-state index is 12.4. The first-order valence-electron chi connectivity index (χ1n) is 6.96. The molecule has 0 unspecified atom stereocenters. The van der Waals surface area contributed by atoms with Crippen LogP contribution in [0.15, 0.2) is 41.5 Å². The van der Waals surface area contributed by atoms with Gasteiger partial charge in [-0.15, -0.1) is 11.3 Å². The molecule has 1 aromatic carbocycles. The molecular formula is C16H15N3O2S. The van der Waals surface area contributed by atoms with Gasteiger partial charge in [-0.3, -0.25) is 14.2 Å². The second kappa shape index (κ2) is 5.73. The normalized spacial score (nSPS) is 10.8. The van der Waals surface area contributed by atoms with E-state index in [9.17, 15) is 9.59 Å². The highest BCUT2D eigenvalue weighted by atomic mass is 32.1. The number of hydrogen-bond acceptors (Lipinski definition) is 4. The predicted molar refractivity (Wildman–Crippen MR) is 88.7 cm³/mol. The van der Waals surface area contributed by atoms with Crippen molar-refractivity contribution in [3.05, 3.63) is 57.5 Å². The number of aryl methyl sites for hydroxylation is 2. The van der Waals surface area contributed by atoms with Crippen molar-refractivity contribution < 1.29 is 4.79 Å². The maximum Gasteiger partial charge on any atom is 0.266 e. The van der Waals surface area contributed by atoms with Crippen LogP contribution in [0.5, 0.6) is 0 Å². The van der Waals surface area contributed by atoms with Crippen molar-refractivity contribution in [1.82, 2.24) is 9.55 Å². The lowest BCUT2D eigenvalue weighted by Crippen LogP contribution is -2.19. The lowest BCUT2D eigenvalue weighted by molar-refractivity contribution is 0.103. The Morgan fingerprint density at radius 2 is 2.05 bits per heavy atom. The van der Waals surface area contributed by atoms with Crippen LogP contribution in [0.3, 0.4) is 0 Å². The molecule has 2 heterocycles. The zero-order valence-corrected chi connectivity index (χ0v) is 13.1. The number of aromatic nitrogens is 2. The van der Waals surface area contributed by atoms with E-state index in [-0.39, 0.29) is 11.5 Å². The summed E-state index contributed by atoms with van der Waals surface area (Å²) in [7, 11) is 0. The van der Waals surface area contributed by atoms with Crippen molar-refractivity contribution in [3.63, 3.8) is 0 Å². The van der Waals surface area contributed by atoms with Crippen LogP contribution in [0.25, 0.3) is 10.2 Å². The minimum absolute atomic E-state index is 0.0972. The lowest BCUT2D eigenvalue weighted by Gasteiger charge is -2.03. The molecule has 0 saturated heterocycles. The van der Waals surface area contributed by atoms with Gasteiger partial charge in [0.05, 0.1) is 16.6 Å². The smallest absolute Gasteiger partial charge is 0.266 e. The van der Waals surface area contributed by atoms with E-state index in [1.807, 2.05) is 37.3 Å². The van der Waals surface area contributed by atoms with Crippen LogP contribution in [0, 0.1) is 6.92 Å². The minimum Gasteiger partial charge on any atom is -0.321 e. The Morgan fingerprint density at radius 1 is 1.32 bits per heavy atom. The molecule has 3 rings (SSSR count). The maximum atomic E-state index is 12.4. The van der Waals surface area contributed by atoms with E-state index in [0.29, 0.717) is 27.2 Å². The molecular weight excluding hydrogens is 298 g/mol. The molecule has 5 nitrogen and oxygen atoms in total. The van der Waals surface area contributed by atoms with Crippen LogP contribution in [0.4, 0.5) is 5.69 Å². The number of para-hydroxylation sites is 1. The molecule has 0 aliphatic rings. The molecule has 0 fully saturated rings. The third-order valence-corrected chi connectivity index (χ3v) is 4.69. The van der Waals surface area contributed by atoms with Gasteiger partial charge in [-0.2, -0.15) is 0 Å². The molecule has 0 atom stereocenters. The Hall–Kier alpha value is -2.47. The lowest BCUT2D eigenvalue weighted by atomic mass is 10.2. The van der Waals surface area contributed by atoms with Crippen LogP contribution in [0.1, 0.15) is 22.2 Å². The molecule has 2 aromatic heterocycles. The molecule has 0 aliphatic heterocycles. The zero-order chi connectivity index (χ0) is 15.7. The van der Waals surface area contributed by atoms with E-state index in [0.717, 1.165) is 5.69 Å². The third kappa shape index (κ3) is 2.42. The highest BCUT2D eigenvalue weighted by Crippen LogP contribution is 2.27. The van der Waals surface area contributed by atoms with Gasteiger partial charge < -0.3 is 5.32 Å². The van der Waals surface area contributed by atoms with E-state index >= 15 is 0 Å². The topological polar surface area (TPSA) is 64.0 Å². The van der Waals surface area contributed by atoms with Gasteiger partial charge >= 0.3 is 0 Å². The summed E-state index contributed by atoms with van der Waals surface area (Å²) in [5.74, 6) is -0.214. The summed E-state index contributed by atoms with van der Waals surface area (Å²) in [4.78, 5) is 30.2. The van der Waals surface area contributed by atoms with Gasteiger partial charge in [-0.25, -0.2) is 4.98 Å². The van der Waals surface area contributed by atoms with E-state index in [2.05, 4.69) is 10.3 Å². The summed E-state index contributed by atoms with van der Waals surface area (Å²) in [5, 5.41) is 3.38. The van der Waals surface area contributed by atoms with Crippen LogP contribution in [-0.2, 0) is 6.54 Å². The van der Waals surface area contributed by atoms with Gasteiger partial charge in [0.2, 0.25) is 0 Å². The second-order valence-electron chi connectivity index (χ2n) is 4.89. The third-order valence-electron chi connectivity index (χ3n) is 3.50. The van der Waals surface area contributed by atoms with E-state index in [1.165, 1.54) is 17.7 Å². The number of benzene rings is 1. The van der Waals surface area contributed by atoms with Crippen molar-refractivity contribution >= 4 is 33.1 Å². The summed E-state index contributed by atoms with van der Waals surface area (Å²) in [6.07, 6.45) is 1.53. The summed E-state index contributed by atoms with van der Waals surface area (Å²) in [5.41, 5.74) is 1.32. The average molecular weight is 313 g/mol. The van der Waals surface area contributed by atoms with E-state index < -0.39 is 0 Å². The number of nitrogens with zero attached hydrogens (tertiary/aromatic N) is 2. The number of fused-ring (bicyclic) bond motifs is 1. The fourth-order valence-electron chi connectivity index (χ4n) is 2.31. The Kier molecular flexibility index (Phi) is 3.77. The monoisotopic (exact) mass is 313 g/mol. The first-order chi connectivity index (χ1) is 10.6. The van der Waals surface area contributed by atoms with Gasteiger partial charge in [0.25, 0.3) is 11.5 Å². The predicted octanol–water partition coefficient (Wildman–Crippen LogP) is 3.04. The van der Waals surface area contributed by atoms with Crippen LogP contribution >= 0.6 is 11.3 Å². The molecule has 0 radical (unpaired) electrons. The Balaban J connectivity index is 2.05. The van der Waals surface area contributed by atoms with Crippen molar-refractivity contribution in [1.29, 1.82) is 0 Å². The second-order valence-corrected chi connectivity index (χ2v) is 5.89. The largest absolute Gasteiger partial charge is 0.321 e. The molecule has 1 N–H and O–H groups in total. The highest BCUT2D eigenvalue weighted by Gasteiger charge is 2.19. The first kappa shape index (κ1) is 14.5. The van der Waals surface area contributed by atoms with Crippen molar-refractivity contribution in [2.45, 2.75) is 20.4 Å². The van der Waals surface area contributed by atoms with Crippen LogP contribution in [-0.4, -0.2) is 15.5 Å². The van der Waals surface area contributed by atoms with Gasteiger partial charge in [-0.1, -0.05) is 18.2 Å². The fraction of sp³-hybridized carbons (Fsp3) is 0.188. The van der Waals surface area contributed by atoms with E-state index in [4.69, 9.17) is 0 Å². The van der Waals surface area contributed by atoms with Gasteiger partial charge in [0.15, 0.2) is 0 Å². The SMILES string of the molecule is CCn1cnc2sc(C(=O)Nc3ccccc3)c(C)c2c1=O. The number of nitrogens with one attached hydrogen (secondary N) is 1. The summed E-state index contributed by atoms with van der Waals surface area (Å²) in [6, 6.07) is 9.24. The fourth-order valence-corrected chi connectivity index (χ4v) is 3.34. The summed E-state index contributed by atoms with van der Waals surface area (Å²) in [6.45, 7) is 4.24. The number of hydrogen-bond donors (Lipinski definition) is 1. The average Bonchev–Trinajstić information content (AvgIpc) is 2.86. The molecule has 1 amide bonds. The number of carbonyl (C=O) groups is 1. The molecule has 6 heteroatoms. The molecule has 22 heavy (non-hydrogen) atoms. The van der Waals surface area contributed by atoms with E-state index in [1.54, 1.807) is 11.5 Å². The zero-order valence-electron chi connectivity index (χ0n) is 12.3. The summed E-state index contributed by atoms with van der Waals surface area (Å²) < 4.78 is 1.54. The molecule has 0 saturated carbocycles. The van der Waals surface area contributed by atoms with Crippen molar-refractivity contribution in [3.8, 4) is 0 Å². The molecule has 0 spiro atoms.